The largest absolute Gasteiger partial charge is 0.205 e. The van der Waals surface area contributed by atoms with Crippen molar-refractivity contribution in [2.75, 3.05) is 0 Å². The molecule has 0 amide bonds. The second-order valence-corrected chi connectivity index (χ2v) is 11.4. The first kappa shape index (κ1) is 30.7. The topological polar surface area (TPSA) is 11.6 Å². The maximum absolute atomic E-state index is 3.45. The molecule has 0 aliphatic heterocycles. The van der Waals surface area contributed by atoms with Gasteiger partial charge in [0.25, 0.3) is 0 Å². The van der Waals surface area contributed by atoms with E-state index in [1.807, 2.05) is 0 Å². The van der Waals surface area contributed by atoms with Crippen LogP contribution < -0.4 is 13.7 Å². The number of nitrogens with zero attached hydrogens (tertiary/aromatic N) is 3. The van der Waals surface area contributed by atoms with Gasteiger partial charge in [-0.15, -0.1) is 0 Å². The van der Waals surface area contributed by atoms with Gasteiger partial charge in [0.2, 0.25) is 0 Å². The van der Waals surface area contributed by atoms with Crippen molar-refractivity contribution in [3.05, 3.63) is 125 Å². The van der Waals surface area contributed by atoms with E-state index in [0.717, 1.165) is 62.9 Å². The molecule has 3 heterocycles. The fraction of sp³-hybridized carbons (Fsp3) is 0.359. The van der Waals surface area contributed by atoms with Gasteiger partial charge in [-0.1, -0.05) is 23.7 Å². The Morgan fingerprint density at radius 2 is 0.976 bits per heavy atom. The summed E-state index contributed by atoms with van der Waals surface area (Å²) in [6.45, 7) is 9.49. The van der Waals surface area contributed by atoms with Gasteiger partial charge in [-0.25, -0.2) is 13.7 Å². The molecular formula is C39H46N3+3. The third-order valence-corrected chi connectivity index (χ3v) is 7.29. The van der Waals surface area contributed by atoms with Crippen LogP contribution in [0.2, 0.25) is 0 Å². The average Bonchev–Trinajstić information content (AvgIpc) is 2.97. The van der Waals surface area contributed by atoms with Gasteiger partial charge in [-0.2, -0.15) is 0 Å². The Morgan fingerprint density at radius 3 is 1.43 bits per heavy atom. The molecule has 0 radical (unpaired) electrons. The van der Waals surface area contributed by atoms with Gasteiger partial charge in [-0.05, 0) is 82.0 Å². The van der Waals surface area contributed by atoms with E-state index < -0.39 is 0 Å². The van der Waals surface area contributed by atoms with Crippen LogP contribution in [0.3, 0.4) is 0 Å². The van der Waals surface area contributed by atoms with Crippen LogP contribution in [0.4, 0.5) is 0 Å². The summed E-state index contributed by atoms with van der Waals surface area (Å²) in [6.07, 6.45) is 21.6. The lowest BCUT2D eigenvalue weighted by atomic mass is 10.0. The van der Waals surface area contributed by atoms with Crippen LogP contribution >= 0.6 is 0 Å². The molecule has 42 heavy (non-hydrogen) atoms. The summed E-state index contributed by atoms with van der Waals surface area (Å²) in [5.41, 5.74) is 7.41. The summed E-state index contributed by atoms with van der Waals surface area (Å²) < 4.78 is 6.80. The zero-order valence-electron chi connectivity index (χ0n) is 25.8. The van der Waals surface area contributed by atoms with Crippen molar-refractivity contribution in [2.24, 2.45) is 0 Å². The molecule has 0 saturated heterocycles. The Morgan fingerprint density at radius 1 is 0.524 bits per heavy atom. The Labute approximate surface area is 253 Å². The number of benzene rings is 1. The molecular weight excluding hydrogens is 510 g/mol. The average molecular weight is 557 g/mol. The van der Waals surface area contributed by atoms with E-state index in [1.54, 1.807) is 0 Å². The maximum atomic E-state index is 3.45. The summed E-state index contributed by atoms with van der Waals surface area (Å²) in [7, 11) is 0. The van der Waals surface area contributed by atoms with Crippen LogP contribution in [0, 0.1) is 44.5 Å². The van der Waals surface area contributed by atoms with Crippen LogP contribution in [0.1, 0.15) is 78.3 Å². The molecule has 0 spiro atoms. The van der Waals surface area contributed by atoms with Gasteiger partial charge < -0.3 is 0 Å². The molecule has 4 aromatic rings. The highest BCUT2D eigenvalue weighted by molar-refractivity contribution is 5.46. The minimum absolute atomic E-state index is 0.888. The predicted molar refractivity (Wildman–Crippen MR) is 170 cm³/mol. The van der Waals surface area contributed by atoms with Crippen molar-refractivity contribution in [1.82, 2.24) is 0 Å². The smallest absolute Gasteiger partial charge is 0.171 e. The van der Waals surface area contributed by atoms with Crippen molar-refractivity contribution < 1.29 is 13.7 Å². The number of hydrogen-bond donors (Lipinski definition) is 0. The molecule has 3 heteroatoms. The highest BCUT2D eigenvalue weighted by Gasteiger charge is 2.04. The summed E-state index contributed by atoms with van der Waals surface area (Å²) in [5, 5.41) is 0. The minimum Gasteiger partial charge on any atom is -0.205 e. The van der Waals surface area contributed by atoms with E-state index in [1.165, 1.54) is 41.5 Å². The second kappa shape index (κ2) is 16.9. The molecule has 214 valence electrons. The normalized spacial score (nSPS) is 10.5. The van der Waals surface area contributed by atoms with E-state index in [4.69, 9.17) is 0 Å². The maximum Gasteiger partial charge on any atom is 0.171 e. The number of aryl methyl sites for hydroxylation is 7. The van der Waals surface area contributed by atoms with Crippen LogP contribution in [0.15, 0.2) is 91.8 Å². The van der Waals surface area contributed by atoms with E-state index in [9.17, 15) is 0 Å². The molecule has 3 nitrogen and oxygen atoms in total. The molecule has 3 aromatic heterocycles. The molecule has 1 aromatic carbocycles. The SMILES string of the molecule is Cc1ccc[n+](CCCC#Cc2cc(C#CCCC[n+]3cccc(C)c3)cc(CCCCC[n+]3cccc(C)c3)c2)c1. The van der Waals surface area contributed by atoms with Crippen molar-refractivity contribution in [3.63, 3.8) is 0 Å². The van der Waals surface area contributed by atoms with Gasteiger partial charge >= 0.3 is 0 Å². The van der Waals surface area contributed by atoms with Crippen molar-refractivity contribution in [2.45, 2.75) is 91.8 Å². The molecule has 0 unspecified atom stereocenters. The zero-order valence-corrected chi connectivity index (χ0v) is 25.8. The Kier molecular flexibility index (Phi) is 12.4. The van der Waals surface area contributed by atoms with E-state index in [0.29, 0.717) is 0 Å². The summed E-state index contributed by atoms with van der Waals surface area (Å²) >= 11 is 0. The number of unbranched alkanes of at least 4 members (excludes halogenated alkanes) is 4. The fourth-order valence-corrected chi connectivity index (χ4v) is 5.19. The van der Waals surface area contributed by atoms with E-state index in [2.05, 4.69) is 150 Å². The van der Waals surface area contributed by atoms with E-state index in [-0.39, 0.29) is 0 Å². The molecule has 0 N–H and O–H groups in total. The van der Waals surface area contributed by atoms with Crippen molar-refractivity contribution >= 4 is 0 Å². The predicted octanol–water partition coefficient (Wildman–Crippen LogP) is 6.55. The summed E-state index contributed by atoms with van der Waals surface area (Å²) in [4.78, 5) is 0. The van der Waals surface area contributed by atoms with Crippen LogP contribution in [-0.4, -0.2) is 0 Å². The summed E-state index contributed by atoms with van der Waals surface area (Å²) in [5.74, 6) is 13.7. The zero-order chi connectivity index (χ0) is 29.4. The van der Waals surface area contributed by atoms with Crippen molar-refractivity contribution in [1.29, 1.82) is 0 Å². The molecule has 0 saturated carbocycles. The van der Waals surface area contributed by atoms with E-state index >= 15 is 0 Å². The molecule has 4 rings (SSSR count). The quantitative estimate of drug-likeness (QED) is 0.107. The highest BCUT2D eigenvalue weighted by atomic mass is 14.9. The van der Waals surface area contributed by atoms with Gasteiger partial charge in [0.05, 0.1) is 0 Å². The van der Waals surface area contributed by atoms with Gasteiger partial charge in [0.1, 0.15) is 19.6 Å². The molecule has 0 atom stereocenters. The van der Waals surface area contributed by atoms with Gasteiger partial charge in [-0.3, -0.25) is 0 Å². The Balaban J connectivity index is 1.33. The summed E-state index contributed by atoms with van der Waals surface area (Å²) in [6, 6.07) is 19.5. The molecule has 0 bridgehead atoms. The lowest BCUT2D eigenvalue weighted by molar-refractivity contribution is -0.697. The standard InChI is InChI=1S/C39H46N3/c1-34-16-13-25-40(31-34)22-10-4-7-19-37-28-38(20-8-5-11-23-41-26-14-17-35(2)32-41)30-39(29-37)21-9-6-12-24-42-27-15-18-36(3)33-42/h13-18,25-33H,4-7,10-12,19,22-24H2,1-3H3/q+3. The third kappa shape index (κ3) is 11.3. The lowest BCUT2D eigenvalue weighted by Crippen LogP contribution is -2.32. The molecule has 0 fully saturated rings. The molecule has 0 aliphatic carbocycles. The number of pyridine rings is 3. The molecule has 0 aliphatic rings. The Bertz CT molecular complexity index is 1470. The minimum atomic E-state index is 0.888. The van der Waals surface area contributed by atoms with Gasteiger partial charge in [0, 0.05) is 78.1 Å². The number of rotatable bonds is 12. The van der Waals surface area contributed by atoms with Crippen LogP contribution in [0.25, 0.3) is 0 Å². The first-order chi connectivity index (χ1) is 20.5. The fourth-order valence-electron chi connectivity index (χ4n) is 5.19. The third-order valence-electron chi connectivity index (χ3n) is 7.29. The second-order valence-electron chi connectivity index (χ2n) is 11.4. The van der Waals surface area contributed by atoms with Gasteiger partial charge in [0.15, 0.2) is 37.2 Å². The van der Waals surface area contributed by atoms with Crippen LogP contribution in [0.5, 0.6) is 0 Å². The highest BCUT2D eigenvalue weighted by Crippen LogP contribution is 2.13. The number of hydrogen-bond acceptors (Lipinski definition) is 0. The Hall–Kier alpha value is -4.21. The first-order valence-electron chi connectivity index (χ1n) is 15.5. The van der Waals surface area contributed by atoms with Crippen LogP contribution in [-0.2, 0) is 26.1 Å². The monoisotopic (exact) mass is 556 g/mol. The number of aromatic nitrogens is 3. The lowest BCUT2D eigenvalue weighted by Gasteiger charge is -2.04. The first-order valence-corrected chi connectivity index (χ1v) is 15.5. The van der Waals surface area contributed by atoms with Crippen molar-refractivity contribution in [3.8, 4) is 23.7 Å².